The van der Waals surface area contributed by atoms with E-state index in [0.29, 0.717) is 25.4 Å². The summed E-state index contributed by atoms with van der Waals surface area (Å²) in [6, 6.07) is 12.9. The molecule has 6 heterocycles. The number of fused-ring (bicyclic) bond motifs is 7. The van der Waals surface area contributed by atoms with E-state index in [1.807, 2.05) is 49.8 Å². The second-order valence-electron chi connectivity index (χ2n) is 19.9. The Kier molecular flexibility index (Phi) is 11.9. The average molecular weight is 915 g/mol. The smallest absolute Gasteiger partial charge is 0.407 e. The highest BCUT2D eigenvalue weighted by atomic mass is 16.5. The number of methoxy groups -OCH3 is 2. The van der Waals surface area contributed by atoms with E-state index in [1.54, 1.807) is 0 Å². The van der Waals surface area contributed by atoms with E-state index < -0.39 is 24.3 Å². The summed E-state index contributed by atoms with van der Waals surface area (Å²) < 4.78 is 22.4. The first kappa shape index (κ1) is 44.7. The lowest BCUT2D eigenvalue weighted by atomic mass is 9.85. The number of hydrogen-bond acceptors (Lipinski definition) is 10. The summed E-state index contributed by atoms with van der Waals surface area (Å²) in [4.78, 5) is 74.9. The molecule has 9 atom stereocenters. The third-order valence-corrected chi connectivity index (χ3v) is 15.2. The van der Waals surface area contributed by atoms with Gasteiger partial charge in [0.05, 0.1) is 61.4 Å². The monoisotopic (exact) mass is 914 g/mol. The number of imidazole rings is 2. The first-order chi connectivity index (χ1) is 32.3. The van der Waals surface area contributed by atoms with Crippen molar-refractivity contribution < 1.29 is 38.1 Å². The second-order valence-corrected chi connectivity index (χ2v) is 19.9. The molecule has 4 N–H and O–H groups in total. The fraction of sp³-hybridized carbons (Fsp3) is 0.529. The van der Waals surface area contributed by atoms with E-state index in [2.05, 4.69) is 63.9 Å². The normalized spacial score (nSPS) is 26.4. The van der Waals surface area contributed by atoms with E-state index in [0.717, 1.165) is 106 Å². The number of hydrogen-bond donors (Lipinski definition) is 4. The highest BCUT2D eigenvalue weighted by Gasteiger charge is 2.50. The minimum atomic E-state index is -0.754. The van der Waals surface area contributed by atoms with Crippen molar-refractivity contribution in [3.05, 3.63) is 65.9 Å². The molecule has 4 aliphatic heterocycles. The second kappa shape index (κ2) is 17.8. The minimum absolute atomic E-state index is 0.0338. The van der Waals surface area contributed by atoms with Crippen LogP contribution in [0.5, 0.6) is 5.75 Å². The summed E-state index contributed by atoms with van der Waals surface area (Å²) in [6.07, 6.45) is 7.31. The molecule has 5 aliphatic rings. The molecule has 0 spiro atoms. The Morgan fingerprint density at radius 2 is 1.58 bits per heavy atom. The maximum atomic E-state index is 14.6. The molecule has 3 aromatic carbocycles. The number of ether oxygens (including phenoxy) is 4. The SMILES string of the molecule is COC(=O)N[C@H](C(=O)N1[C@H](c2ncc(-c3ccc4c(c3)COc3cc5c(ccc6[nH]c([C@@H]7CC[C@H](C)N7C(=O)[C@@H](NC(=O)OC)C7C[C@@H](C)O[C@H](C)C7)nc65)cc3-4)[nH]2)CC2CCC[C@@H]21)C(C)C. The van der Waals surface area contributed by atoms with E-state index in [1.165, 1.54) is 14.2 Å². The standard InChI is InChI=1S/C51H62N8O8/c1-25(2)43(56-50(62)64-6)48(60)59-39-10-8-9-31(39)21-41(59)46-52-23-38(54-46)30-12-14-34-33(19-30)24-66-42-22-35-29(20-36(34)42)13-15-37-45(35)55-47(53-37)40-16-11-26(3)58(40)49(61)44(57-51(63)65-7)32-17-27(4)67-28(5)18-32/h12-15,19-20,22-23,25-28,31-32,39-41,43-44H,8-11,16-18,21,24H2,1-7H3,(H,52,54)(H,53,55)(H,56,62)(H,57,63)/t26-,27+,28+,31?,39-,40-,41-,43-,44-/m0/s1. The molecule has 4 amide bonds. The first-order valence-corrected chi connectivity index (χ1v) is 24.1. The molecule has 1 aliphatic carbocycles. The molecule has 0 radical (unpaired) electrons. The van der Waals surface area contributed by atoms with Crippen LogP contribution in [0, 0.1) is 17.8 Å². The fourth-order valence-electron chi connectivity index (χ4n) is 12.1. The molecule has 5 aromatic rings. The van der Waals surface area contributed by atoms with Crippen LogP contribution >= 0.6 is 0 Å². The number of nitrogens with one attached hydrogen (secondary N) is 4. The average Bonchev–Trinajstić information content (AvgIpc) is 4.17. The number of amides is 4. The van der Waals surface area contributed by atoms with Gasteiger partial charge in [-0.1, -0.05) is 38.5 Å². The van der Waals surface area contributed by atoms with Crippen LogP contribution < -0.4 is 15.4 Å². The van der Waals surface area contributed by atoms with E-state index in [4.69, 9.17) is 28.9 Å². The van der Waals surface area contributed by atoms with Gasteiger partial charge in [-0.15, -0.1) is 0 Å². The molecular weight excluding hydrogens is 853 g/mol. The highest BCUT2D eigenvalue weighted by Crippen LogP contribution is 2.48. The maximum absolute atomic E-state index is 14.6. The number of likely N-dealkylation sites (tertiary alicyclic amines) is 2. The van der Waals surface area contributed by atoms with Crippen LogP contribution in [-0.4, -0.2) is 104 Å². The molecule has 16 nitrogen and oxygen atoms in total. The maximum Gasteiger partial charge on any atom is 0.407 e. The van der Waals surface area contributed by atoms with Crippen LogP contribution in [0.25, 0.3) is 44.2 Å². The lowest BCUT2D eigenvalue weighted by Crippen LogP contribution is -2.55. The summed E-state index contributed by atoms with van der Waals surface area (Å²) in [5.74, 6) is 2.18. The van der Waals surface area contributed by atoms with Gasteiger partial charge in [0, 0.05) is 23.0 Å². The Morgan fingerprint density at radius 3 is 2.34 bits per heavy atom. The molecule has 16 heteroatoms. The quantitative estimate of drug-likeness (QED) is 0.112. The van der Waals surface area contributed by atoms with Crippen LogP contribution in [0.3, 0.4) is 0 Å². The summed E-state index contributed by atoms with van der Waals surface area (Å²) in [7, 11) is 2.63. The third-order valence-electron chi connectivity index (χ3n) is 15.2. The summed E-state index contributed by atoms with van der Waals surface area (Å²) in [5.41, 5.74) is 6.64. The number of aromatic amines is 2. The van der Waals surface area contributed by atoms with Gasteiger partial charge in [0.25, 0.3) is 0 Å². The molecule has 3 saturated heterocycles. The zero-order valence-electron chi connectivity index (χ0n) is 39.4. The summed E-state index contributed by atoms with van der Waals surface area (Å²) in [5, 5.41) is 7.65. The molecule has 67 heavy (non-hydrogen) atoms. The Labute approximate surface area is 390 Å². The Bertz CT molecular complexity index is 2720. The van der Waals surface area contributed by atoms with E-state index in [-0.39, 0.29) is 60.0 Å². The number of benzene rings is 3. The molecular formula is C51H62N8O8. The predicted octanol–water partition coefficient (Wildman–Crippen LogP) is 8.47. The van der Waals surface area contributed by atoms with Crippen molar-refractivity contribution in [2.45, 2.75) is 141 Å². The van der Waals surface area contributed by atoms with Crippen LogP contribution in [0.1, 0.15) is 115 Å². The molecule has 1 unspecified atom stereocenters. The van der Waals surface area contributed by atoms with Crippen LogP contribution in [0.15, 0.2) is 48.7 Å². The van der Waals surface area contributed by atoms with Crippen LogP contribution in [0.2, 0.25) is 0 Å². The van der Waals surface area contributed by atoms with Gasteiger partial charge in [0.2, 0.25) is 11.8 Å². The number of alkyl carbamates (subject to hydrolysis) is 2. The lowest BCUT2D eigenvalue weighted by molar-refractivity contribution is -0.140. The van der Waals surface area contributed by atoms with Gasteiger partial charge >= 0.3 is 12.2 Å². The molecule has 4 fully saturated rings. The predicted molar refractivity (Wildman–Crippen MR) is 251 cm³/mol. The molecule has 2 aromatic heterocycles. The third kappa shape index (κ3) is 8.14. The Balaban J connectivity index is 0.906. The highest BCUT2D eigenvalue weighted by molar-refractivity contribution is 6.07. The number of aromatic nitrogens is 4. The molecule has 10 rings (SSSR count). The molecule has 354 valence electrons. The van der Waals surface area contributed by atoms with Crippen LogP contribution in [-0.2, 0) is 30.4 Å². The van der Waals surface area contributed by atoms with Gasteiger partial charge in [-0.3, -0.25) is 9.59 Å². The van der Waals surface area contributed by atoms with Gasteiger partial charge in [-0.2, -0.15) is 0 Å². The Hall–Kier alpha value is -6.16. The topological polar surface area (TPSA) is 193 Å². The van der Waals surface area contributed by atoms with Gasteiger partial charge in [0.1, 0.15) is 36.1 Å². The number of H-pyrrole nitrogens is 2. The van der Waals surface area contributed by atoms with Crippen molar-refractivity contribution >= 4 is 45.8 Å². The Morgan fingerprint density at radius 1 is 0.806 bits per heavy atom. The van der Waals surface area contributed by atoms with Crippen molar-refractivity contribution in [3.8, 4) is 28.1 Å². The van der Waals surface area contributed by atoms with Crippen molar-refractivity contribution in [1.29, 1.82) is 0 Å². The van der Waals surface area contributed by atoms with E-state index >= 15 is 0 Å². The number of carbonyl (C=O) groups is 4. The largest absolute Gasteiger partial charge is 0.488 e. The molecule has 1 saturated carbocycles. The number of carbonyl (C=O) groups excluding carboxylic acids is 4. The van der Waals surface area contributed by atoms with Crippen LogP contribution in [0.4, 0.5) is 9.59 Å². The van der Waals surface area contributed by atoms with Gasteiger partial charge in [-0.25, -0.2) is 19.6 Å². The summed E-state index contributed by atoms with van der Waals surface area (Å²) in [6.45, 7) is 10.3. The zero-order valence-corrected chi connectivity index (χ0v) is 39.4. The number of nitrogens with zero attached hydrogens (tertiary/aromatic N) is 4. The van der Waals surface area contributed by atoms with Crippen molar-refractivity contribution in [2.75, 3.05) is 14.2 Å². The van der Waals surface area contributed by atoms with Crippen molar-refractivity contribution in [2.24, 2.45) is 17.8 Å². The van der Waals surface area contributed by atoms with Crippen molar-refractivity contribution in [1.82, 2.24) is 40.4 Å². The van der Waals surface area contributed by atoms with Gasteiger partial charge in [0.15, 0.2) is 0 Å². The van der Waals surface area contributed by atoms with E-state index in [9.17, 15) is 19.2 Å². The number of rotatable bonds is 9. The van der Waals surface area contributed by atoms with Gasteiger partial charge in [-0.05, 0) is 130 Å². The van der Waals surface area contributed by atoms with Crippen molar-refractivity contribution in [3.63, 3.8) is 0 Å². The lowest BCUT2D eigenvalue weighted by Gasteiger charge is -2.39. The molecule has 0 bridgehead atoms. The zero-order chi connectivity index (χ0) is 46.8. The van der Waals surface area contributed by atoms with Gasteiger partial charge < -0.3 is 49.3 Å². The summed E-state index contributed by atoms with van der Waals surface area (Å²) >= 11 is 0. The minimum Gasteiger partial charge on any atom is -0.488 e. The fourth-order valence-corrected chi connectivity index (χ4v) is 12.1. The first-order valence-electron chi connectivity index (χ1n) is 24.1.